The van der Waals surface area contributed by atoms with E-state index < -0.39 is 5.79 Å². The first kappa shape index (κ1) is 12.6. The monoisotopic (exact) mass is 264 g/mol. The second kappa shape index (κ2) is 4.90. The number of nitrogen functional groups attached to an aromatic ring is 1. The van der Waals surface area contributed by atoms with Gasteiger partial charge in [0.2, 0.25) is 0 Å². The summed E-state index contributed by atoms with van der Waals surface area (Å²) in [6.45, 7) is 3.05. The van der Waals surface area contributed by atoms with Gasteiger partial charge < -0.3 is 24.8 Å². The Kier molecular flexibility index (Phi) is 3.24. The summed E-state index contributed by atoms with van der Waals surface area (Å²) in [5.74, 6) is 0.380. The van der Waals surface area contributed by atoms with Crippen molar-refractivity contribution in [1.82, 2.24) is 0 Å². The van der Waals surface area contributed by atoms with Crippen molar-refractivity contribution < 1.29 is 14.2 Å². The summed E-state index contributed by atoms with van der Waals surface area (Å²) in [6.07, 6.45) is 1.99. The predicted molar refractivity (Wildman–Crippen MR) is 73.5 cm³/mol. The van der Waals surface area contributed by atoms with Gasteiger partial charge in [-0.15, -0.1) is 0 Å². The van der Waals surface area contributed by atoms with Crippen molar-refractivity contribution in [3.8, 4) is 5.75 Å². The Labute approximate surface area is 113 Å². The standard InChI is InChI=1S/C14H20N2O3/c1-17-11-3-4-12(15)13(9-11)16-6-2-5-14(10-16)18-7-8-19-14/h3-4,9H,2,5-8,10,15H2,1H3. The molecule has 2 N–H and O–H groups in total. The Morgan fingerprint density at radius 1 is 1.32 bits per heavy atom. The van der Waals surface area contributed by atoms with Crippen LogP contribution in [0.15, 0.2) is 18.2 Å². The van der Waals surface area contributed by atoms with Crippen LogP contribution in [-0.4, -0.2) is 39.2 Å². The molecule has 0 amide bonds. The minimum atomic E-state index is -0.437. The van der Waals surface area contributed by atoms with E-state index in [1.54, 1.807) is 7.11 Å². The number of rotatable bonds is 2. The molecule has 0 saturated carbocycles. The van der Waals surface area contributed by atoms with Gasteiger partial charge in [0, 0.05) is 19.0 Å². The largest absolute Gasteiger partial charge is 0.497 e. The number of ether oxygens (including phenoxy) is 3. The van der Waals surface area contributed by atoms with Crippen molar-refractivity contribution in [3.05, 3.63) is 18.2 Å². The molecular weight excluding hydrogens is 244 g/mol. The molecule has 0 atom stereocenters. The lowest BCUT2D eigenvalue weighted by Gasteiger charge is -2.40. The van der Waals surface area contributed by atoms with E-state index in [0.29, 0.717) is 13.2 Å². The molecule has 2 heterocycles. The van der Waals surface area contributed by atoms with Gasteiger partial charge in [-0.3, -0.25) is 0 Å². The lowest BCUT2D eigenvalue weighted by Crippen LogP contribution is -2.49. The second-order valence-electron chi connectivity index (χ2n) is 5.06. The fourth-order valence-electron chi connectivity index (χ4n) is 2.85. The molecule has 2 fully saturated rings. The lowest BCUT2D eigenvalue weighted by molar-refractivity contribution is -0.161. The molecule has 5 heteroatoms. The third-order valence-electron chi connectivity index (χ3n) is 3.81. The molecule has 2 aliphatic rings. The topological polar surface area (TPSA) is 57.0 Å². The molecule has 0 radical (unpaired) electrons. The molecule has 3 rings (SSSR count). The summed E-state index contributed by atoms with van der Waals surface area (Å²) in [7, 11) is 1.66. The lowest BCUT2D eigenvalue weighted by atomic mass is 10.0. The zero-order valence-corrected chi connectivity index (χ0v) is 11.2. The number of piperidine rings is 1. The molecule has 0 aromatic heterocycles. The number of methoxy groups -OCH3 is 1. The van der Waals surface area contributed by atoms with Gasteiger partial charge in [-0.25, -0.2) is 0 Å². The second-order valence-corrected chi connectivity index (χ2v) is 5.06. The zero-order valence-electron chi connectivity index (χ0n) is 11.2. The van der Waals surface area contributed by atoms with E-state index >= 15 is 0 Å². The molecule has 2 aliphatic heterocycles. The maximum Gasteiger partial charge on any atom is 0.186 e. The predicted octanol–water partition coefficient (Wildman–Crippen LogP) is 1.62. The van der Waals surface area contributed by atoms with Crippen LogP contribution in [0.1, 0.15) is 12.8 Å². The SMILES string of the molecule is COc1ccc(N)c(N2CCCC3(C2)OCCO3)c1. The van der Waals surface area contributed by atoms with Crippen LogP contribution in [0.4, 0.5) is 11.4 Å². The van der Waals surface area contributed by atoms with Gasteiger partial charge in [0.15, 0.2) is 5.79 Å². The van der Waals surface area contributed by atoms with Crippen molar-refractivity contribution >= 4 is 11.4 Å². The molecule has 19 heavy (non-hydrogen) atoms. The fraction of sp³-hybridized carbons (Fsp3) is 0.571. The Hall–Kier alpha value is -1.46. The van der Waals surface area contributed by atoms with Crippen molar-refractivity contribution in [3.63, 3.8) is 0 Å². The first-order valence-electron chi connectivity index (χ1n) is 6.69. The Morgan fingerprint density at radius 2 is 2.11 bits per heavy atom. The third kappa shape index (κ3) is 2.35. The molecule has 104 valence electrons. The van der Waals surface area contributed by atoms with Crippen LogP contribution < -0.4 is 15.4 Å². The van der Waals surface area contributed by atoms with E-state index in [1.165, 1.54) is 0 Å². The van der Waals surface area contributed by atoms with Crippen LogP contribution >= 0.6 is 0 Å². The number of hydrogen-bond donors (Lipinski definition) is 1. The van der Waals surface area contributed by atoms with Gasteiger partial charge in [0.25, 0.3) is 0 Å². The van der Waals surface area contributed by atoms with E-state index in [2.05, 4.69) is 4.90 Å². The van der Waals surface area contributed by atoms with E-state index in [9.17, 15) is 0 Å². The maximum absolute atomic E-state index is 6.08. The average Bonchev–Trinajstić information content (AvgIpc) is 2.87. The van der Waals surface area contributed by atoms with Gasteiger partial charge in [-0.1, -0.05) is 0 Å². The Bertz CT molecular complexity index is 458. The van der Waals surface area contributed by atoms with Crippen LogP contribution in [0, 0.1) is 0 Å². The van der Waals surface area contributed by atoms with Crippen LogP contribution in [0.25, 0.3) is 0 Å². The molecule has 1 aromatic carbocycles. The van der Waals surface area contributed by atoms with Crippen LogP contribution in [0.2, 0.25) is 0 Å². The van der Waals surface area contributed by atoms with E-state index in [4.69, 9.17) is 19.9 Å². The van der Waals surface area contributed by atoms with Crippen LogP contribution in [-0.2, 0) is 9.47 Å². The normalized spacial score (nSPS) is 21.8. The van der Waals surface area contributed by atoms with E-state index in [1.807, 2.05) is 18.2 Å². The quantitative estimate of drug-likeness (QED) is 0.823. The van der Waals surface area contributed by atoms with E-state index in [0.717, 1.165) is 43.1 Å². The summed E-state index contributed by atoms with van der Waals surface area (Å²) in [5.41, 5.74) is 7.84. The van der Waals surface area contributed by atoms with Crippen LogP contribution in [0.5, 0.6) is 5.75 Å². The maximum atomic E-state index is 6.08. The summed E-state index contributed by atoms with van der Waals surface area (Å²) in [4.78, 5) is 2.23. The molecule has 0 aliphatic carbocycles. The number of nitrogens with two attached hydrogens (primary N) is 1. The number of benzene rings is 1. The summed E-state index contributed by atoms with van der Waals surface area (Å²) >= 11 is 0. The van der Waals surface area contributed by atoms with E-state index in [-0.39, 0.29) is 0 Å². The molecule has 1 spiro atoms. The summed E-state index contributed by atoms with van der Waals surface area (Å²) in [5, 5.41) is 0. The molecule has 0 bridgehead atoms. The van der Waals surface area contributed by atoms with Gasteiger partial charge in [0.1, 0.15) is 5.75 Å². The van der Waals surface area contributed by atoms with Crippen LogP contribution in [0.3, 0.4) is 0 Å². The van der Waals surface area contributed by atoms with Gasteiger partial charge >= 0.3 is 0 Å². The van der Waals surface area contributed by atoms with Crippen molar-refractivity contribution in [1.29, 1.82) is 0 Å². The minimum absolute atomic E-state index is 0.437. The van der Waals surface area contributed by atoms with Gasteiger partial charge in [-0.2, -0.15) is 0 Å². The molecule has 2 saturated heterocycles. The van der Waals surface area contributed by atoms with Crippen molar-refractivity contribution in [2.75, 3.05) is 44.0 Å². The highest BCUT2D eigenvalue weighted by Gasteiger charge is 2.41. The highest BCUT2D eigenvalue weighted by molar-refractivity contribution is 5.70. The molecule has 5 nitrogen and oxygen atoms in total. The number of anilines is 2. The molecule has 0 unspecified atom stereocenters. The first-order chi connectivity index (χ1) is 9.22. The van der Waals surface area contributed by atoms with Gasteiger partial charge in [-0.05, 0) is 18.6 Å². The fourth-order valence-corrected chi connectivity index (χ4v) is 2.85. The van der Waals surface area contributed by atoms with Gasteiger partial charge in [0.05, 0.1) is 38.2 Å². The summed E-state index contributed by atoms with van der Waals surface area (Å²) in [6, 6.07) is 5.73. The number of nitrogens with zero attached hydrogens (tertiary/aromatic N) is 1. The zero-order chi connectivity index (χ0) is 13.3. The number of hydrogen-bond acceptors (Lipinski definition) is 5. The Balaban J connectivity index is 1.85. The minimum Gasteiger partial charge on any atom is -0.497 e. The first-order valence-corrected chi connectivity index (χ1v) is 6.69. The smallest absolute Gasteiger partial charge is 0.186 e. The third-order valence-corrected chi connectivity index (χ3v) is 3.81. The highest BCUT2D eigenvalue weighted by Crippen LogP contribution is 2.36. The highest BCUT2D eigenvalue weighted by atomic mass is 16.7. The van der Waals surface area contributed by atoms with Crippen molar-refractivity contribution in [2.45, 2.75) is 18.6 Å². The average molecular weight is 264 g/mol. The van der Waals surface area contributed by atoms with Crippen molar-refractivity contribution in [2.24, 2.45) is 0 Å². The molecular formula is C14H20N2O3. The summed E-state index contributed by atoms with van der Waals surface area (Å²) < 4.78 is 16.9. The Morgan fingerprint density at radius 3 is 2.84 bits per heavy atom. The molecule has 1 aromatic rings.